The molecule has 0 aliphatic heterocycles. The van der Waals surface area contributed by atoms with Crippen LogP contribution >= 0.6 is 11.6 Å². The Balaban J connectivity index is 1.69. The number of benzene rings is 1. The molecule has 1 aromatic rings. The molecule has 3 rings (SSSR count). The van der Waals surface area contributed by atoms with Crippen LogP contribution in [0.4, 0.5) is 0 Å². The van der Waals surface area contributed by atoms with Gasteiger partial charge in [-0.25, -0.2) is 0 Å². The standard InChI is InChI=1S/C20H24ClNO/c21-19-3-1-2-14(12-19)8-15-9-16(13-22)11-18(10-15)17-4-6-20(23)7-5-17/h1-3,11-12,15,17-18,20,23H,4-10H2. The van der Waals surface area contributed by atoms with Crippen molar-refractivity contribution in [3.63, 3.8) is 0 Å². The zero-order chi connectivity index (χ0) is 16.2. The predicted molar refractivity (Wildman–Crippen MR) is 93.0 cm³/mol. The molecular weight excluding hydrogens is 306 g/mol. The summed E-state index contributed by atoms with van der Waals surface area (Å²) in [5.41, 5.74) is 2.21. The van der Waals surface area contributed by atoms with Crippen molar-refractivity contribution >= 4 is 11.6 Å². The molecule has 1 N–H and O–H groups in total. The molecule has 0 saturated heterocycles. The molecule has 0 aromatic heterocycles. The summed E-state index contributed by atoms with van der Waals surface area (Å²) < 4.78 is 0. The van der Waals surface area contributed by atoms with Gasteiger partial charge in [0, 0.05) is 10.6 Å². The maximum atomic E-state index is 9.72. The fraction of sp³-hybridized carbons (Fsp3) is 0.550. The molecule has 0 spiro atoms. The van der Waals surface area contributed by atoms with E-state index in [4.69, 9.17) is 11.6 Å². The first-order valence-electron chi connectivity index (χ1n) is 8.67. The van der Waals surface area contributed by atoms with Crippen LogP contribution in [0.3, 0.4) is 0 Å². The quantitative estimate of drug-likeness (QED) is 0.856. The number of nitriles is 1. The number of nitrogens with zero attached hydrogens (tertiary/aromatic N) is 1. The Morgan fingerprint density at radius 1 is 1.22 bits per heavy atom. The topological polar surface area (TPSA) is 44.0 Å². The molecule has 2 nitrogen and oxygen atoms in total. The Morgan fingerprint density at radius 3 is 2.70 bits per heavy atom. The van der Waals surface area contributed by atoms with Gasteiger partial charge in [-0.1, -0.05) is 29.8 Å². The van der Waals surface area contributed by atoms with Gasteiger partial charge >= 0.3 is 0 Å². The fourth-order valence-electron chi connectivity index (χ4n) is 4.27. The van der Waals surface area contributed by atoms with Crippen LogP contribution in [-0.4, -0.2) is 11.2 Å². The first-order chi connectivity index (χ1) is 11.1. The molecule has 0 amide bonds. The van der Waals surface area contributed by atoms with Crippen molar-refractivity contribution in [3.05, 3.63) is 46.5 Å². The highest BCUT2D eigenvalue weighted by atomic mass is 35.5. The van der Waals surface area contributed by atoms with E-state index in [2.05, 4.69) is 18.2 Å². The molecular formula is C20H24ClNO. The number of allylic oxidation sites excluding steroid dienone is 2. The fourth-order valence-corrected chi connectivity index (χ4v) is 4.48. The highest BCUT2D eigenvalue weighted by Gasteiger charge is 2.31. The van der Waals surface area contributed by atoms with Crippen molar-refractivity contribution in [1.29, 1.82) is 5.26 Å². The highest BCUT2D eigenvalue weighted by molar-refractivity contribution is 6.30. The van der Waals surface area contributed by atoms with Gasteiger partial charge in [-0.15, -0.1) is 0 Å². The van der Waals surface area contributed by atoms with Gasteiger partial charge in [0.15, 0.2) is 0 Å². The van der Waals surface area contributed by atoms with E-state index in [9.17, 15) is 10.4 Å². The summed E-state index contributed by atoms with van der Waals surface area (Å²) in [5, 5.41) is 19.9. The van der Waals surface area contributed by atoms with Crippen molar-refractivity contribution < 1.29 is 5.11 Å². The average Bonchev–Trinajstić information content (AvgIpc) is 2.55. The maximum absolute atomic E-state index is 9.72. The number of aliphatic hydroxyl groups is 1. The van der Waals surface area contributed by atoms with Gasteiger partial charge in [-0.05, 0) is 80.4 Å². The molecule has 1 fully saturated rings. The van der Waals surface area contributed by atoms with Crippen LogP contribution in [-0.2, 0) is 6.42 Å². The largest absolute Gasteiger partial charge is 0.393 e. The van der Waals surface area contributed by atoms with E-state index in [0.717, 1.165) is 55.5 Å². The van der Waals surface area contributed by atoms with Crippen molar-refractivity contribution in [3.8, 4) is 6.07 Å². The first-order valence-corrected chi connectivity index (χ1v) is 9.05. The van der Waals surface area contributed by atoms with Gasteiger partial charge in [-0.2, -0.15) is 5.26 Å². The van der Waals surface area contributed by atoms with E-state index in [-0.39, 0.29) is 6.10 Å². The summed E-state index contributed by atoms with van der Waals surface area (Å²) >= 11 is 6.10. The third-order valence-electron chi connectivity index (χ3n) is 5.43. The van der Waals surface area contributed by atoms with Gasteiger partial charge in [0.25, 0.3) is 0 Å². The van der Waals surface area contributed by atoms with Crippen LogP contribution in [0.1, 0.15) is 44.1 Å². The van der Waals surface area contributed by atoms with Crippen molar-refractivity contribution in [2.75, 3.05) is 0 Å². The van der Waals surface area contributed by atoms with Crippen LogP contribution in [0.15, 0.2) is 35.9 Å². The second-order valence-corrected chi connectivity index (χ2v) is 7.61. The molecule has 0 radical (unpaired) electrons. The van der Waals surface area contributed by atoms with Gasteiger partial charge in [0.1, 0.15) is 0 Å². The van der Waals surface area contributed by atoms with Gasteiger partial charge < -0.3 is 5.11 Å². The third-order valence-corrected chi connectivity index (χ3v) is 5.67. The monoisotopic (exact) mass is 329 g/mol. The minimum Gasteiger partial charge on any atom is -0.393 e. The van der Waals surface area contributed by atoms with E-state index in [1.807, 2.05) is 18.2 Å². The van der Waals surface area contributed by atoms with Crippen LogP contribution < -0.4 is 0 Å². The lowest BCUT2D eigenvalue weighted by molar-refractivity contribution is 0.0923. The third kappa shape index (κ3) is 4.37. The lowest BCUT2D eigenvalue weighted by Gasteiger charge is -2.35. The molecule has 2 atom stereocenters. The second-order valence-electron chi connectivity index (χ2n) is 7.18. The Bertz CT molecular complexity index is 610. The highest BCUT2D eigenvalue weighted by Crippen LogP contribution is 2.40. The molecule has 1 aromatic carbocycles. The summed E-state index contributed by atoms with van der Waals surface area (Å²) in [4.78, 5) is 0. The zero-order valence-electron chi connectivity index (χ0n) is 13.4. The summed E-state index contributed by atoms with van der Waals surface area (Å²) in [6.07, 6.45) is 9.13. The first kappa shape index (κ1) is 16.6. The smallest absolute Gasteiger partial charge is 0.0943 e. The Hall–Kier alpha value is -1.30. The van der Waals surface area contributed by atoms with Gasteiger partial charge in [-0.3, -0.25) is 0 Å². The van der Waals surface area contributed by atoms with Gasteiger partial charge in [0.05, 0.1) is 12.2 Å². The van der Waals surface area contributed by atoms with Crippen molar-refractivity contribution in [2.24, 2.45) is 17.8 Å². The normalized spacial score (nSPS) is 31.3. The van der Waals surface area contributed by atoms with Crippen molar-refractivity contribution in [1.82, 2.24) is 0 Å². The van der Waals surface area contributed by atoms with Gasteiger partial charge in [0.2, 0.25) is 0 Å². The second kappa shape index (κ2) is 7.51. The predicted octanol–water partition coefficient (Wildman–Crippen LogP) is 4.91. The number of halogens is 1. The van der Waals surface area contributed by atoms with E-state index < -0.39 is 0 Å². The molecule has 0 heterocycles. The molecule has 1 saturated carbocycles. The minimum absolute atomic E-state index is 0.114. The number of rotatable bonds is 3. The number of hydrogen-bond donors (Lipinski definition) is 1. The van der Waals surface area contributed by atoms with Crippen LogP contribution in [0, 0.1) is 29.1 Å². The molecule has 3 heteroatoms. The van der Waals surface area contributed by atoms with E-state index in [1.165, 1.54) is 5.56 Å². The summed E-state index contributed by atoms with van der Waals surface area (Å²) in [6, 6.07) is 10.5. The van der Waals surface area contributed by atoms with E-state index in [0.29, 0.717) is 17.8 Å². The maximum Gasteiger partial charge on any atom is 0.0943 e. The SMILES string of the molecule is N#CC1=CC(C2CCC(O)CC2)CC(Cc2cccc(Cl)c2)C1. The lowest BCUT2D eigenvalue weighted by Crippen LogP contribution is -2.27. The minimum atomic E-state index is -0.114. The van der Waals surface area contributed by atoms with E-state index >= 15 is 0 Å². The number of hydrogen-bond acceptors (Lipinski definition) is 2. The molecule has 23 heavy (non-hydrogen) atoms. The average molecular weight is 330 g/mol. The Morgan fingerprint density at radius 2 is 2.00 bits per heavy atom. The van der Waals surface area contributed by atoms with Crippen molar-refractivity contribution in [2.45, 2.75) is 51.0 Å². The Labute approximate surface area is 143 Å². The molecule has 2 aliphatic carbocycles. The summed E-state index contributed by atoms with van der Waals surface area (Å²) in [7, 11) is 0. The summed E-state index contributed by atoms with van der Waals surface area (Å²) in [5.74, 6) is 1.64. The number of aliphatic hydroxyl groups excluding tert-OH is 1. The van der Waals surface area contributed by atoms with E-state index in [1.54, 1.807) is 0 Å². The summed E-state index contributed by atoms with van der Waals surface area (Å²) in [6.45, 7) is 0. The van der Waals surface area contributed by atoms with Crippen LogP contribution in [0.5, 0.6) is 0 Å². The van der Waals surface area contributed by atoms with Crippen LogP contribution in [0.2, 0.25) is 5.02 Å². The lowest BCUT2D eigenvalue weighted by atomic mass is 9.70. The Kier molecular flexibility index (Phi) is 5.41. The molecule has 2 aliphatic rings. The zero-order valence-corrected chi connectivity index (χ0v) is 14.2. The molecule has 2 unspecified atom stereocenters. The van der Waals surface area contributed by atoms with Crippen LogP contribution in [0.25, 0.3) is 0 Å². The molecule has 122 valence electrons. The molecule has 0 bridgehead atoms.